The van der Waals surface area contributed by atoms with E-state index in [9.17, 15) is 0 Å². The lowest BCUT2D eigenvalue weighted by molar-refractivity contribution is 0.622. The van der Waals surface area contributed by atoms with Crippen molar-refractivity contribution in [3.8, 4) is 33.7 Å². The van der Waals surface area contributed by atoms with Gasteiger partial charge >= 0.3 is 0 Å². The van der Waals surface area contributed by atoms with E-state index in [4.69, 9.17) is 18.2 Å². The summed E-state index contributed by atoms with van der Waals surface area (Å²) in [7, 11) is 0. The van der Waals surface area contributed by atoms with Gasteiger partial charge in [-0.25, -0.2) is 4.98 Å². The topological polar surface area (TPSA) is 55.6 Å². The molecule has 0 aliphatic carbocycles. The van der Waals surface area contributed by atoms with Crippen molar-refractivity contribution in [3.63, 3.8) is 0 Å². The standard InChI is InChI=1S/C49H30N2O3/c1-3-12-31(13-4-1)32-22-26-35(27-23-32)51(42-19-11-18-38-37-16-7-9-20-43(37)52-46(38)42)36-28-24-33(25-29-36)40-30-41-48(54-49(50-41)34-14-5-2-6-15-34)45-39-17-8-10-21-44(39)53-47(40)45/h1-30H. The molecule has 0 bridgehead atoms. The highest BCUT2D eigenvalue weighted by Gasteiger charge is 2.23. The fraction of sp³-hybridized carbons (Fsp3) is 0. The van der Waals surface area contributed by atoms with Crippen LogP contribution in [0.1, 0.15) is 0 Å². The summed E-state index contributed by atoms with van der Waals surface area (Å²) in [5, 5.41) is 4.09. The molecule has 0 spiro atoms. The molecule has 3 heterocycles. The molecule has 3 aromatic heterocycles. The third-order valence-electron chi connectivity index (χ3n) is 10.3. The van der Waals surface area contributed by atoms with Gasteiger partial charge in [0.05, 0.1) is 11.1 Å². The number of rotatable bonds is 6. The Morgan fingerprint density at radius 2 is 0.944 bits per heavy atom. The average molecular weight is 695 g/mol. The van der Waals surface area contributed by atoms with Crippen molar-refractivity contribution in [2.45, 2.75) is 0 Å². The van der Waals surface area contributed by atoms with Gasteiger partial charge < -0.3 is 18.2 Å². The summed E-state index contributed by atoms with van der Waals surface area (Å²) in [6, 6.07) is 62.6. The van der Waals surface area contributed by atoms with Crippen molar-refractivity contribution in [2.75, 3.05) is 4.90 Å². The number of furan rings is 2. The van der Waals surface area contributed by atoms with Crippen molar-refractivity contribution in [2.24, 2.45) is 0 Å². The maximum atomic E-state index is 6.59. The smallest absolute Gasteiger partial charge is 0.227 e. The highest BCUT2D eigenvalue weighted by Crippen LogP contribution is 2.45. The van der Waals surface area contributed by atoms with Gasteiger partial charge in [0.1, 0.15) is 22.3 Å². The number of hydrogen-bond acceptors (Lipinski definition) is 5. The zero-order chi connectivity index (χ0) is 35.6. The Bertz CT molecular complexity index is 3140. The molecule has 54 heavy (non-hydrogen) atoms. The third-order valence-corrected chi connectivity index (χ3v) is 10.3. The van der Waals surface area contributed by atoms with E-state index in [-0.39, 0.29) is 0 Å². The van der Waals surface area contributed by atoms with Crippen molar-refractivity contribution in [3.05, 3.63) is 182 Å². The van der Waals surface area contributed by atoms with Crippen LogP contribution >= 0.6 is 0 Å². The number of fused-ring (bicyclic) bond motifs is 8. The molecular weight excluding hydrogens is 665 g/mol. The molecule has 0 saturated carbocycles. The van der Waals surface area contributed by atoms with E-state index in [0.29, 0.717) is 5.89 Å². The minimum absolute atomic E-state index is 0.582. The first-order chi connectivity index (χ1) is 26.8. The summed E-state index contributed by atoms with van der Waals surface area (Å²) in [4.78, 5) is 7.25. The van der Waals surface area contributed by atoms with E-state index in [1.54, 1.807) is 0 Å². The molecule has 5 heteroatoms. The van der Waals surface area contributed by atoms with E-state index in [2.05, 4.69) is 120 Å². The first-order valence-corrected chi connectivity index (χ1v) is 18.0. The van der Waals surface area contributed by atoms with Crippen molar-refractivity contribution in [1.29, 1.82) is 0 Å². The average Bonchev–Trinajstić information content (AvgIpc) is 3.96. The first kappa shape index (κ1) is 30.3. The molecule has 0 atom stereocenters. The fourth-order valence-corrected chi connectivity index (χ4v) is 7.75. The largest absolute Gasteiger partial charge is 0.455 e. The maximum absolute atomic E-state index is 6.59. The van der Waals surface area contributed by atoms with E-state index < -0.39 is 0 Å². The number of anilines is 3. The third kappa shape index (κ3) is 4.83. The number of aromatic nitrogens is 1. The van der Waals surface area contributed by atoms with E-state index >= 15 is 0 Å². The van der Waals surface area contributed by atoms with Gasteiger partial charge in [0, 0.05) is 38.7 Å². The second kappa shape index (κ2) is 12.1. The van der Waals surface area contributed by atoms with Crippen LogP contribution in [0, 0.1) is 0 Å². The van der Waals surface area contributed by atoms with Gasteiger partial charge in [-0.3, -0.25) is 0 Å². The van der Waals surface area contributed by atoms with Crippen LogP contribution in [-0.2, 0) is 0 Å². The number of para-hydroxylation sites is 3. The zero-order valence-electron chi connectivity index (χ0n) is 28.9. The molecule has 0 amide bonds. The minimum Gasteiger partial charge on any atom is -0.455 e. The SMILES string of the molecule is c1ccc(-c2ccc(N(c3ccc(-c4cc5nc(-c6ccccc6)oc5c5c4oc4ccccc45)cc3)c3cccc4c3oc3ccccc34)cc2)cc1. The molecule has 11 rings (SSSR count). The Labute approximate surface area is 309 Å². The Balaban J connectivity index is 1.08. The second-order valence-corrected chi connectivity index (χ2v) is 13.5. The monoisotopic (exact) mass is 694 g/mol. The van der Waals surface area contributed by atoms with Gasteiger partial charge in [-0.1, -0.05) is 121 Å². The van der Waals surface area contributed by atoms with E-state index in [0.717, 1.165) is 94.3 Å². The number of benzene rings is 8. The summed E-state index contributed by atoms with van der Waals surface area (Å²) in [5.41, 5.74) is 13.0. The highest BCUT2D eigenvalue weighted by atomic mass is 16.4. The van der Waals surface area contributed by atoms with Crippen molar-refractivity contribution in [1.82, 2.24) is 4.98 Å². The first-order valence-electron chi connectivity index (χ1n) is 18.0. The molecule has 0 radical (unpaired) electrons. The number of hydrogen-bond donors (Lipinski definition) is 0. The Hall–Kier alpha value is -7.37. The summed E-state index contributed by atoms with van der Waals surface area (Å²) in [5.74, 6) is 0.582. The highest BCUT2D eigenvalue weighted by molar-refractivity contribution is 6.20. The van der Waals surface area contributed by atoms with Gasteiger partial charge in [0.15, 0.2) is 11.2 Å². The van der Waals surface area contributed by atoms with Gasteiger partial charge in [-0.2, -0.15) is 0 Å². The molecular formula is C49H30N2O3. The van der Waals surface area contributed by atoms with Crippen LogP contribution < -0.4 is 4.90 Å². The van der Waals surface area contributed by atoms with Crippen LogP contribution in [0.15, 0.2) is 195 Å². The summed E-state index contributed by atoms with van der Waals surface area (Å²) >= 11 is 0. The van der Waals surface area contributed by atoms with Gasteiger partial charge in [0.25, 0.3) is 0 Å². The zero-order valence-corrected chi connectivity index (χ0v) is 28.9. The van der Waals surface area contributed by atoms with Gasteiger partial charge in [-0.05, 0) is 77.4 Å². The fourth-order valence-electron chi connectivity index (χ4n) is 7.75. The predicted octanol–water partition coefficient (Wildman–Crippen LogP) is 14.1. The number of oxazole rings is 1. The molecule has 8 aromatic carbocycles. The Morgan fingerprint density at radius 3 is 1.67 bits per heavy atom. The van der Waals surface area contributed by atoms with Crippen LogP contribution in [0.4, 0.5) is 17.1 Å². The Morgan fingerprint density at radius 1 is 0.389 bits per heavy atom. The molecule has 254 valence electrons. The maximum Gasteiger partial charge on any atom is 0.227 e. The molecule has 0 unspecified atom stereocenters. The summed E-state index contributed by atoms with van der Waals surface area (Å²) < 4.78 is 19.6. The molecule has 0 aliphatic heterocycles. The molecule has 0 aliphatic rings. The Kier molecular flexibility index (Phi) is 6.79. The van der Waals surface area contributed by atoms with E-state index in [1.165, 1.54) is 5.56 Å². The minimum atomic E-state index is 0.582. The lowest BCUT2D eigenvalue weighted by Crippen LogP contribution is -2.10. The lowest BCUT2D eigenvalue weighted by Gasteiger charge is -2.26. The molecule has 0 fully saturated rings. The van der Waals surface area contributed by atoms with Crippen LogP contribution in [0.25, 0.3) is 88.7 Å². The second-order valence-electron chi connectivity index (χ2n) is 13.5. The number of nitrogens with zero attached hydrogens (tertiary/aromatic N) is 2. The molecule has 5 nitrogen and oxygen atoms in total. The predicted molar refractivity (Wildman–Crippen MR) is 220 cm³/mol. The van der Waals surface area contributed by atoms with Crippen LogP contribution in [0.3, 0.4) is 0 Å². The molecule has 0 N–H and O–H groups in total. The lowest BCUT2D eigenvalue weighted by atomic mass is 10.0. The van der Waals surface area contributed by atoms with Gasteiger partial charge in [-0.15, -0.1) is 0 Å². The van der Waals surface area contributed by atoms with Crippen molar-refractivity contribution < 1.29 is 13.3 Å². The van der Waals surface area contributed by atoms with Crippen LogP contribution in [0.2, 0.25) is 0 Å². The van der Waals surface area contributed by atoms with Crippen molar-refractivity contribution >= 4 is 72.0 Å². The molecule has 0 saturated heterocycles. The van der Waals surface area contributed by atoms with Crippen LogP contribution in [0.5, 0.6) is 0 Å². The quantitative estimate of drug-likeness (QED) is 0.173. The normalized spacial score (nSPS) is 11.7. The molecule has 11 aromatic rings. The summed E-state index contributed by atoms with van der Waals surface area (Å²) in [6.07, 6.45) is 0. The summed E-state index contributed by atoms with van der Waals surface area (Å²) in [6.45, 7) is 0. The van der Waals surface area contributed by atoms with E-state index in [1.807, 2.05) is 66.7 Å². The van der Waals surface area contributed by atoms with Gasteiger partial charge in [0.2, 0.25) is 5.89 Å². The van der Waals surface area contributed by atoms with Crippen LogP contribution in [-0.4, -0.2) is 4.98 Å².